The summed E-state index contributed by atoms with van der Waals surface area (Å²) in [6, 6.07) is 0. The molecule has 0 rings (SSSR count). The maximum absolute atomic E-state index is 10.5. The monoisotopic (exact) mass is 183 g/mol. The van der Waals surface area contributed by atoms with Crippen LogP contribution in [0.25, 0.3) is 0 Å². The summed E-state index contributed by atoms with van der Waals surface area (Å²) in [7, 11) is 0. The highest BCUT2D eigenvalue weighted by Crippen LogP contribution is 1.93. The van der Waals surface area contributed by atoms with Crippen LogP contribution in [0.15, 0.2) is 36.5 Å². The van der Waals surface area contributed by atoms with Gasteiger partial charge in [0, 0.05) is 5.57 Å². The van der Waals surface area contributed by atoms with Crippen LogP contribution >= 0.6 is 0 Å². The molecule has 0 aliphatic carbocycles. The molecule has 0 aromatic heterocycles. The number of amides is 1. The average Bonchev–Trinajstić information content (AvgIpc) is 2.09. The Bertz CT molecular complexity index is 190. The number of nitrogens with two attached hydrogens (primary N) is 1. The van der Waals surface area contributed by atoms with Crippen molar-refractivity contribution >= 4 is 5.91 Å². The van der Waals surface area contributed by atoms with E-state index in [2.05, 4.69) is 6.58 Å². The van der Waals surface area contributed by atoms with Gasteiger partial charge < -0.3 is 5.73 Å². The minimum Gasteiger partial charge on any atom is -0.366 e. The molecule has 0 radical (unpaired) electrons. The molecular weight excluding hydrogens is 162 g/mol. The lowest BCUT2D eigenvalue weighted by molar-refractivity contribution is -0.114. The zero-order valence-corrected chi connectivity index (χ0v) is 8.00. The van der Waals surface area contributed by atoms with Gasteiger partial charge in [-0.3, -0.25) is 4.79 Å². The predicted molar refractivity (Wildman–Crippen MR) is 60.4 cm³/mol. The number of primary amides is 1. The molecule has 0 aliphatic rings. The molecule has 0 saturated carbocycles. The van der Waals surface area contributed by atoms with Crippen LogP contribution in [0, 0.1) is 0 Å². The highest BCUT2D eigenvalue weighted by molar-refractivity contribution is 5.94. The van der Waals surface area contributed by atoms with Crippen LogP contribution in [0.4, 0.5) is 0 Å². The first kappa shape index (κ1) is 17.7. The molecular formula is C11H21NO. The summed E-state index contributed by atoms with van der Waals surface area (Å²) >= 11 is 0. The molecule has 0 heterocycles. The lowest BCUT2D eigenvalue weighted by Gasteiger charge is -1.89. The van der Waals surface area contributed by atoms with E-state index in [0.717, 1.165) is 0 Å². The van der Waals surface area contributed by atoms with Gasteiger partial charge in [-0.25, -0.2) is 0 Å². The Morgan fingerprint density at radius 3 is 2.08 bits per heavy atom. The summed E-state index contributed by atoms with van der Waals surface area (Å²) in [5.74, 6) is -0.451. The van der Waals surface area contributed by atoms with Gasteiger partial charge in [-0.1, -0.05) is 46.1 Å². The Morgan fingerprint density at radius 2 is 1.85 bits per heavy atom. The normalized spacial score (nSPS) is 9.62. The van der Waals surface area contributed by atoms with E-state index in [-0.39, 0.29) is 7.43 Å². The Hall–Kier alpha value is -1.31. The molecule has 2 N–H and O–H groups in total. The Balaban J connectivity index is -0.000000309. The minimum absolute atomic E-state index is 0. The van der Waals surface area contributed by atoms with E-state index in [4.69, 9.17) is 5.73 Å². The topological polar surface area (TPSA) is 43.1 Å². The van der Waals surface area contributed by atoms with Crippen LogP contribution in [-0.4, -0.2) is 5.91 Å². The van der Waals surface area contributed by atoms with Crippen LogP contribution in [0.5, 0.6) is 0 Å². The fourth-order valence-electron chi connectivity index (χ4n) is 0.451. The molecule has 2 heteroatoms. The summed E-state index contributed by atoms with van der Waals surface area (Å²) < 4.78 is 0. The first-order valence-corrected chi connectivity index (χ1v) is 3.97. The third-order valence-electron chi connectivity index (χ3n) is 0.973. The number of carbonyl (C=O) groups is 1. The van der Waals surface area contributed by atoms with Gasteiger partial charge in [-0.2, -0.15) is 0 Å². The molecule has 0 fully saturated rings. The Labute approximate surface area is 81.8 Å². The molecule has 0 unspecified atom stereocenters. The SMILES string of the molecule is C.C=C/C(=C\C=C/C)C(N)=O.CC. The lowest BCUT2D eigenvalue weighted by atomic mass is 10.2. The Kier molecular flexibility index (Phi) is 18.1. The molecule has 76 valence electrons. The first-order chi connectivity index (χ1) is 5.72. The van der Waals surface area contributed by atoms with Crippen molar-refractivity contribution in [3.05, 3.63) is 36.5 Å². The quantitative estimate of drug-likeness (QED) is 0.530. The standard InChI is InChI=1S/C8H11NO.C2H6.CH4/c1-3-5-6-7(4-2)8(9)10;1-2;/h3-6H,2H2,1H3,(H2,9,10);1-2H3;1H4/b5-3-,7-6+;;. The second kappa shape index (κ2) is 13.3. The first-order valence-electron chi connectivity index (χ1n) is 3.97. The molecule has 0 aromatic carbocycles. The summed E-state index contributed by atoms with van der Waals surface area (Å²) in [5, 5.41) is 0. The van der Waals surface area contributed by atoms with Gasteiger partial charge in [-0.05, 0) is 13.0 Å². The molecule has 0 aromatic rings. The van der Waals surface area contributed by atoms with Gasteiger partial charge >= 0.3 is 0 Å². The highest BCUT2D eigenvalue weighted by atomic mass is 16.1. The van der Waals surface area contributed by atoms with E-state index in [1.54, 1.807) is 12.2 Å². The van der Waals surface area contributed by atoms with Gasteiger partial charge in [0.1, 0.15) is 0 Å². The highest BCUT2D eigenvalue weighted by Gasteiger charge is 1.94. The number of hydrogen-bond donors (Lipinski definition) is 1. The van der Waals surface area contributed by atoms with Gasteiger partial charge in [0.25, 0.3) is 0 Å². The van der Waals surface area contributed by atoms with Gasteiger partial charge in [0.2, 0.25) is 5.91 Å². The van der Waals surface area contributed by atoms with Crippen molar-refractivity contribution in [3.8, 4) is 0 Å². The smallest absolute Gasteiger partial charge is 0.248 e. The largest absolute Gasteiger partial charge is 0.366 e. The third kappa shape index (κ3) is 10.7. The fourth-order valence-corrected chi connectivity index (χ4v) is 0.451. The molecule has 0 aliphatic heterocycles. The lowest BCUT2D eigenvalue weighted by Crippen LogP contribution is -2.11. The fraction of sp³-hybridized carbons (Fsp3) is 0.364. The summed E-state index contributed by atoms with van der Waals surface area (Å²) in [6.07, 6.45) is 6.60. The Morgan fingerprint density at radius 1 is 1.38 bits per heavy atom. The second-order valence-corrected chi connectivity index (χ2v) is 1.72. The maximum Gasteiger partial charge on any atom is 0.248 e. The van der Waals surface area contributed by atoms with E-state index >= 15 is 0 Å². The zero-order chi connectivity index (χ0) is 9.98. The van der Waals surface area contributed by atoms with Crippen LogP contribution in [-0.2, 0) is 4.79 Å². The van der Waals surface area contributed by atoms with E-state index < -0.39 is 5.91 Å². The van der Waals surface area contributed by atoms with Crippen molar-refractivity contribution in [1.29, 1.82) is 0 Å². The second-order valence-electron chi connectivity index (χ2n) is 1.72. The van der Waals surface area contributed by atoms with Crippen LogP contribution in [0.2, 0.25) is 0 Å². The van der Waals surface area contributed by atoms with Gasteiger partial charge in [0.05, 0.1) is 0 Å². The zero-order valence-electron chi connectivity index (χ0n) is 8.00. The van der Waals surface area contributed by atoms with Crippen LogP contribution in [0.1, 0.15) is 28.2 Å². The summed E-state index contributed by atoms with van der Waals surface area (Å²) in [4.78, 5) is 10.5. The minimum atomic E-state index is -0.451. The molecule has 1 amide bonds. The maximum atomic E-state index is 10.5. The third-order valence-corrected chi connectivity index (χ3v) is 0.973. The van der Waals surface area contributed by atoms with E-state index in [1.807, 2.05) is 26.8 Å². The number of carbonyl (C=O) groups excluding carboxylic acids is 1. The van der Waals surface area contributed by atoms with Crippen molar-refractivity contribution < 1.29 is 4.79 Å². The molecule has 0 bridgehead atoms. The van der Waals surface area contributed by atoms with Gasteiger partial charge in [0.15, 0.2) is 0 Å². The summed E-state index contributed by atoms with van der Waals surface area (Å²) in [6.45, 7) is 9.29. The number of rotatable bonds is 3. The van der Waals surface area contributed by atoms with Gasteiger partial charge in [-0.15, -0.1) is 0 Å². The van der Waals surface area contributed by atoms with Crippen LogP contribution in [0.3, 0.4) is 0 Å². The van der Waals surface area contributed by atoms with Crippen molar-refractivity contribution in [2.75, 3.05) is 0 Å². The van der Waals surface area contributed by atoms with E-state index in [1.165, 1.54) is 6.08 Å². The van der Waals surface area contributed by atoms with Crippen LogP contribution < -0.4 is 5.73 Å². The van der Waals surface area contributed by atoms with E-state index in [9.17, 15) is 4.79 Å². The average molecular weight is 183 g/mol. The predicted octanol–water partition coefficient (Wildman–Crippen LogP) is 2.82. The van der Waals surface area contributed by atoms with Crippen molar-refractivity contribution in [2.45, 2.75) is 28.2 Å². The van der Waals surface area contributed by atoms with Crippen molar-refractivity contribution in [3.63, 3.8) is 0 Å². The molecule has 0 spiro atoms. The summed E-state index contributed by atoms with van der Waals surface area (Å²) in [5.41, 5.74) is 5.40. The van der Waals surface area contributed by atoms with E-state index in [0.29, 0.717) is 5.57 Å². The van der Waals surface area contributed by atoms with Crippen molar-refractivity contribution in [2.24, 2.45) is 5.73 Å². The molecule has 0 atom stereocenters. The number of allylic oxidation sites excluding steroid dienone is 3. The van der Waals surface area contributed by atoms with Crippen molar-refractivity contribution in [1.82, 2.24) is 0 Å². The molecule has 13 heavy (non-hydrogen) atoms. The molecule has 0 saturated heterocycles. The molecule has 2 nitrogen and oxygen atoms in total. The number of hydrogen-bond acceptors (Lipinski definition) is 1.